The molecule has 3 heterocycles. The van der Waals surface area contributed by atoms with Gasteiger partial charge in [0.15, 0.2) is 10.9 Å². The van der Waals surface area contributed by atoms with E-state index < -0.39 is 0 Å². The number of carbonyl (C=O) groups excluding carboxylic acids is 1. The fourth-order valence-electron chi connectivity index (χ4n) is 3.76. The molecule has 2 aromatic carbocycles. The molecule has 3 aromatic heterocycles. The van der Waals surface area contributed by atoms with Crippen LogP contribution in [0.4, 0.5) is 0 Å². The summed E-state index contributed by atoms with van der Waals surface area (Å²) in [6, 6.07) is 15.4. The number of para-hydroxylation sites is 1. The second-order valence-electron chi connectivity index (χ2n) is 7.10. The van der Waals surface area contributed by atoms with Gasteiger partial charge in [-0.1, -0.05) is 48.2 Å². The molecule has 0 saturated carbocycles. The first kappa shape index (κ1) is 19.7. The van der Waals surface area contributed by atoms with E-state index in [1.807, 2.05) is 53.8 Å². The summed E-state index contributed by atoms with van der Waals surface area (Å²) in [6.07, 6.45) is 1.66. The van der Waals surface area contributed by atoms with E-state index in [0.29, 0.717) is 22.9 Å². The third-order valence-corrected chi connectivity index (χ3v) is 7.46. The van der Waals surface area contributed by atoms with Crippen LogP contribution in [0.2, 0.25) is 0 Å². The molecular formula is C23H18N4O2S2. The van der Waals surface area contributed by atoms with E-state index >= 15 is 0 Å². The number of thioether (sulfide) groups is 1. The molecule has 0 amide bonds. The van der Waals surface area contributed by atoms with Gasteiger partial charge < -0.3 is 0 Å². The van der Waals surface area contributed by atoms with Crippen molar-refractivity contribution >= 4 is 55.6 Å². The van der Waals surface area contributed by atoms with Crippen LogP contribution >= 0.6 is 23.1 Å². The Morgan fingerprint density at radius 2 is 1.87 bits per heavy atom. The van der Waals surface area contributed by atoms with Crippen LogP contribution in [0, 0.1) is 6.92 Å². The van der Waals surface area contributed by atoms with Crippen LogP contribution in [0.5, 0.6) is 0 Å². The minimum absolute atomic E-state index is 0.0594. The first-order valence-corrected chi connectivity index (χ1v) is 11.5. The van der Waals surface area contributed by atoms with E-state index in [1.54, 1.807) is 16.7 Å². The predicted molar refractivity (Wildman–Crippen MR) is 127 cm³/mol. The summed E-state index contributed by atoms with van der Waals surface area (Å²) in [5.41, 5.74) is 1.60. The molecule has 154 valence electrons. The second-order valence-corrected chi connectivity index (χ2v) is 9.10. The lowest BCUT2D eigenvalue weighted by atomic mass is 10.1. The molecule has 0 aliphatic carbocycles. The molecule has 0 atom stereocenters. The summed E-state index contributed by atoms with van der Waals surface area (Å²) in [5, 5.41) is 10.8. The van der Waals surface area contributed by atoms with E-state index in [2.05, 4.69) is 16.8 Å². The van der Waals surface area contributed by atoms with Gasteiger partial charge in [0.25, 0.3) is 5.56 Å². The number of hydrogen-bond acceptors (Lipinski definition) is 6. The highest BCUT2D eigenvalue weighted by Crippen LogP contribution is 2.32. The largest absolute Gasteiger partial charge is 0.292 e. The monoisotopic (exact) mass is 446 g/mol. The molecule has 6 nitrogen and oxygen atoms in total. The van der Waals surface area contributed by atoms with Crippen LogP contribution in [-0.2, 0) is 6.54 Å². The first-order chi connectivity index (χ1) is 15.1. The number of carbonyl (C=O) groups is 1. The number of allylic oxidation sites excluding steroid dienone is 1. The SMILES string of the molecule is C=CCn1c(=O)c2ccccc2n2c(SCC(=O)c3sc4ccccc4c3C)nnc12. The third-order valence-electron chi connectivity index (χ3n) is 5.22. The lowest BCUT2D eigenvalue weighted by Crippen LogP contribution is -2.22. The van der Waals surface area contributed by atoms with E-state index in [1.165, 1.54) is 23.1 Å². The topological polar surface area (TPSA) is 69.3 Å². The van der Waals surface area contributed by atoms with Crippen molar-refractivity contribution in [2.45, 2.75) is 18.6 Å². The first-order valence-electron chi connectivity index (χ1n) is 9.72. The number of ketones is 1. The summed E-state index contributed by atoms with van der Waals surface area (Å²) in [4.78, 5) is 26.7. The molecule has 0 unspecified atom stereocenters. The van der Waals surface area contributed by atoms with Gasteiger partial charge in [-0.05, 0) is 36.1 Å². The molecule has 0 saturated heterocycles. The molecule has 0 radical (unpaired) electrons. The van der Waals surface area contributed by atoms with Crippen LogP contribution in [-0.4, -0.2) is 30.7 Å². The molecule has 31 heavy (non-hydrogen) atoms. The van der Waals surface area contributed by atoms with E-state index in [0.717, 1.165) is 26.0 Å². The molecule has 0 aliphatic heterocycles. The lowest BCUT2D eigenvalue weighted by molar-refractivity contribution is 0.102. The highest BCUT2D eigenvalue weighted by molar-refractivity contribution is 7.99. The number of nitrogens with zero attached hydrogens (tertiary/aromatic N) is 4. The van der Waals surface area contributed by atoms with Crippen molar-refractivity contribution in [3.8, 4) is 0 Å². The Morgan fingerprint density at radius 3 is 2.65 bits per heavy atom. The Hall–Kier alpha value is -3.23. The van der Waals surface area contributed by atoms with Gasteiger partial charge in [0.2, 0.25) is 5.78 Å². The van der Waals surface area contributed by atoms with Crippen molar-refractivity contribution in [3.05, 3.63) is 82.0 Å². The lowest BCUT2D eigenvalue weighted by Gasteiger charge is -2.09. The highest BCUT2D eigenvalue weighted by atomic mass is 32.2. The number of fused-ring (bicyclic) bond motifs is 4. The van der Waals surface area contributed by atoms with Gasteiger partial charge in [-0.2, -0.15) is 0 Å². The normalized spacial score (nSPS) is 11.5. The van der Waals surface area contributed by atoms with Crippen LogP contribution in [0.25, 0.3) is 26.8 Å². The molecule has 0 spiro atoms. The minimum Gasteiger partial charge on any atom is -0.292 e. The maximum absolute atomic E-state index is 13.0. The van der Waals surface area contributed by atoms with Gasteiger partial charge in [-0.3, -0.25) is 18.6 Å². The highest BCUT2D eigenvalue weighted by Gasteiger charge is 2.19. The van der Waals surface area contributed by atoms with Crippen molar-refractivity contribution in [2.24, 2.45) is 0 Å². The number of rotatable bonds is 6. The zero-order chi connectivity index (χ0) is 21.5. The molecule has 8 heteroatoms. The average molecular weight is 447 g/mol. The minimum atomic E-state index is -0.135. The number of benzene rings is 2. The predicted octanol–water partition coefficient (Wildman–Crippen LogP) is 4.73. The Labute approximate surface area is 185 Å². The number of thiophene rings is 1. The molecule has 5 aromatic rings. The fraction of sp³-hybridized carbons (Fsp3) is 0.130. The van der Waals surface area contributed by atoms with Crippen molar-refractivity contribution < 1.29 is 4.79 Å². The number of aryl methyl sites for hydroxylation is 1. The Bertz CT molecular complexity index is 1540. The quantitative estimate of drug-likeness (QED) is 0.214. The molecule has 0 bridgehead atoms. The van der Waals surface area contributed by atoms with Gasteiger partial charge in [-0.25, -0.2) is 0 Å². The van der Waals surface area contributed by atoms with E-state index in [-0.39, 0.29) is 17.1 Å². The standard InChI is InChI=1S/C23H18N4O2S2/c1-3-12-26-21(29)16-9-4-6-10-17(16)27-22(26)24-25-23(27)30-13-18(28)20-14(2)15-8-5-7-11-19(15)31-20/h3-11H,1,12-13H2,2H3. The fourth-order valence-corrected chi connectivity index (χ4v) is 5.81. The van der Waals surface area contributed by atoms with Gasteiger partial charge in [0, 0.05) is 11.2 Å². The summed E-state index contributed by atoms with van der Waals surface area (Å²) in [7, 11) is 0. The smallest absolute Gasteiger partial charge is 0.263 e. The number of Topliss-reactive ketones (excluding diaryl/α,β-unsaturated/α-hetero) is 1. The van der Waals surface area contributed by atoms with Crippen molar-refractivity contribution in [1.29, 1.82) is 0 Å². The van der Waals surface area contributed by atoms with Crippen molar-refractivity contribution in [1.82, 2.24) is 19.2 Å². The Kier molecular flexibility index (Phi) is 4.95. The number of aromatic nitrogens is 4. The summed E-state index contributed by atoms with van der Waals surface area (Å²) in [5.74, 6) is 0.740. The zero-order valence-corrected chi connectivity index (χ0v) is 18.4. The third kappa shape index (κ3) is 3.19. The Morgan fingerprint density at radius 1 is 1.13 bits per heavy atom. The maximum atomic E-state index is 13.0. The van der Waals surface area contributed by atoms with Crippen molar-refractivity contribution in [3.63, 3.8) is 0 Å². The summed E-state index contributed by atoms with van der Waals surface area (Å²) >= 11 is 2.86. The Balaban J connectivity index is 1.55. The second kappa shape index (κ2) is 7.79. The van der Waals surface area contributed by atoms with E-state index in [9.17, 15) is 9.59 Å². The molecule has 0 fully saturated rings. The maximum Gasteiger partial charge on any atom is 0.263 e. The summed E-state index contributed by atoms with van der Waals surface area (Å²) < 4.78 is 4.50. The average Bonchev–Trinajstić information content (AvgIpc) is 3.37. The molecule has 0 aliphatic rings. The molecule has 0 N–H and O–H groups in total. The molecular weight excluding hydrogens is 428 g/mol. The van der Waals surface area contributed by atoms with Gasteiger partial charge in [0.05, 0.1) is 21.5 Å². The summed E-state index contributed by atoms with van der Waals surface area (Å²) in [6.45, 7) is 6.06. The van der Waals surface area contributed by atoms with Crippen LogP contribution in [0.1, 0.15) is 15.2 Å². The van der Waals surface area contributed by atoms with Crippen LogP contribution in [0.15, 0.2) is 71.1 Å². The van der Waals surface area contributed by atoms with Crippen LogP contribution in [0.3, 0.4) is 0 Å². The zero-order valence-electron chi connectivity index (χ0n) is 16.7. The molecule has 5 rings (SSSR count). The van der Waals surface area contributed by atoms with Crippen LogP contribution < -0.4 is 5.56 Å². The van der Waals surface area contributed by atoms with Crippen molar-refractivity contribution in [2.75, 3.05) is 5.75 Å². The number of hydrogen-bond donors (Lipinski definition) is 0. The van der Waals surface area contributed by atoms with Gasteiger partial charge in [-0.15, -0.1) is 28.1 Å². The van der Waals surface area contributed by atoms with E-state index in [4.69, 9.17) is 0 Å². The van der Waals surface area contributed by atoms with Gasteiger partial charge >= 0.3 is 0 Å². The van der Waals surface area contributed by atoms with Gasteiger partial charge in [0.1, 0.15) is 0 Å².